The smallest absolute Gasteiger partial charge is 0.0599 e. The third-order valence-electron chi connectivity index (χ3n) is 4.64. The Labute approximate surface area is 111 Å². The lowest BCUT2D eigenvalue weighted by Crippen LogP contribution is -2.63. The van der Waals surface area contributed by atoms with E-state index in [0.29, 0.717) is 6.10 Å². The normalized spacial score (nSPS) is 32.8. The van der Waals surface area contributed by atoms with Crippen LogP contribution in [0.3, 0.4) is 0 Å². The van der Waals surface area contributed by atoms with E-state index in [4.69, 9.17) is 10.5 Å². The van der Waals surface area contributed by atoms with Crippen molar-refractivity contribution in [2.75, 3.05) is 46.4 Å². The Morgan fingerprint density at radius 3 is 2.56 bits per heavy atom. The number of likely N-dealkylation sites (tertiary alicyclic amines) is 2. The van der Waals surface area contributed by atoms with Gasteiger partial charge in [0.05, 0.1) is 6.10 Å². The summed E-state index contributed by atoms with van der Waals surface area (Å²) in [6, 6.07) is 0. The number of ether oxygens (including phenoxy) is 1. The largest absolute Gasteiger partial charge is 0.378 e. The summed E-state index contributed by atoms with van der Waals surface area (Å²) in [6.07, 6.45) is 5.34. The van der Waals surface area contributed by atoms with E-state index in [1.807, 2.05) is 0 Å². The van der Waals surface area contributed by atoms with Crippen molar-refractivity contribution in [1.82, 2.24) is 9.80 Å². The molecule has 4 nitrogen and oxygen atoms in total. The number of likely N-dealkylation sites (N-methyl/N-ethyl adjacent to an activating group) is 1. The number of hydrogen-bond donors (Lipinski definition) is 1. The van der Waals surface area contributed by atoms with Crippen molar-refractivity contribution in [1.29, 1.82) is 0 Å². The van der Waals surface area contributed by atoms with Crippen LogP contribution in [0.1, 0.15) is 32.6 Å². The highest BCUT2D eigenvalue weighted by Crippen LogP contribution is 2.29. The average molecular weight is 255 g/mol. The van der Waals surface area contributed by atoms with Gasteiger partial charge in [0.15, 0.2) is 0 Å². The van der Waals surface area contributed by atoms with Crippen molar-refractivity contribution in [2.45, 2.75) is 44.2 Å². The summed E-state index contributed by atoms with van der Waals surface area (Å²) in [5.41, 5.74) is 6.35. The summed E-state index contributed by atoms with van der Waals surface area (Å²) in [5, 5.41) is 0. The van der Waals surface area contributed by atoms with Gasteiger partial charge in [-0.25, -0.2) is 0 Å². The van der Waals surface area contributed by atoms with Crippen LogP contribution < -0.4 is 5.73 Å². The number of hydrogen-bond acceptors (Lipinski definition) is 4. The number of nitrogens with two attached hydrogens (primary N) is 1. The van der Waals surface area contributed by atoms with Gasteiger partial charge in [0.2, 0.25) is 0 Å². The Balaban J connectivity index is 1.93. The minimum atomic E-state index is 0.226. The van der Waals surface area contributed by atoms with Crippen LogP contribution in [-0.4, -0.2) is 67.8 Å². The van der Waals surface area contributed by atoms with Gasteiger partial charge in [0, 0.05) is 38.3 Å². The van der Waals surface area contributed by atoms with E-state index in [-0.39, 0.29) is 5.54 Å². The van der Waals surface area contributed by atoms with E-state index in [9.17, 15) is 0 Å². The van der Waals surface area contributed by atoms with Crippen LogP contribution in [0, 0.1) is 0 Å². The molecule has 0 aromatic heterocycles. The van der Waals surface area contributed by atoms with Gasteiger partial charge in [-0.3, -0.25) is 4.90 Å². The first kappa shape index (κ1) is 14.3. The molecule has 2 heterocycles. The molecule has 0 amide bonds. The number of rotatable bonds is 4. The van der Waals surface area contributed by atoms with E-state index in [1.54, 1.807) is 0 Å². The highest BCUT2D eigenvalue weighted by atomic mass is 16.5. The molecule has 0 aromatic carbocycles. The monoisotopic (exact) mass is 255 g/mol. The lowest BCUT2D eigenvalue weighted by molar-refractivity contribution is -0.0380. The van der Waals surface area contributed by atoms with Crippen LogP contribution in [0.15, 0.2) is 0 Å². The van der Waals surface area contributed by atoms with Crippen LogP contribution in [0.2, 0.25) is 0 Å². The van der Waals surface area contributed by atoms with Crippen LogP contribution in [0.25, 0.3) is 0 Å². The van der Waals surface area contributed by atoms with Gasteiger partial charge in [-0.1, -0.05) is 0 Å². The Kier molecular flexibility index (Phi) is 5.01. The molecule has 2 fully saturated rings. The molecule has 1 atom stereocenters. The van der Waals surface area contributed by atoms with Crippen LogP contribution >= 0.6 is 0 Å². The van der Waals surface area contributed by atoms with Crippen LogP contribution in [-0.2, 0) is 4.74 Å². The zero-order chi connectivity index (χ0) is 13.0. The van der Waals surface area contributed by atoms with Crippen molar-refractivity contribution >= 4 is 0 Å². The van der Waals surface area contributed by atoms with Crippen molar-refractivity contribution in [3.05, 3.63) is 0 Å². The van der Waals surface area contributed by atoms with Crippen molar-refractivity contribution in [3.63, 3.8) is 0 Å². The molecule has 106 valence electrons. The second-order valence-electron chi connectivity index (χ2n) is 5.91. The zero-order valence-electron chi connectivity index (χ0n) is 12.0. The molecule has 0 aliphatic carbocycles. The molecule has 0 saturated carbocycles. The molecule has 4 heteroatoms. The molecule has 1 unspecified atom stereocenters. The molecule has 2 N–H and O–H groups in total. The van der Waals surface area contributed by atoms with E-state index >= 15 is 0 Å². The lowest BCUT2D eigenvalue weighted by atomic mass is 9.85. The van der Waals surface area contributed by atoms with Gasteiger partial charge in [-0.2, -0.15) is 0 Å². The minimum Gasteiger partial charge on any atom is -0.378 e. The van der Waals surface area contributed by atoms with E-state index < -0.39 is 0 Å². The topological polar surface area (TPSA) is 41.7 Å². The van der Waals surface area contributed by atoms with Gasteiger partial charge in [0.1, 0.15) is 0 Å². The second kappa shape index (κ2) is 6.33. The maximum absolute atomic E-state index is 6.13. The molecule has 0 spiro atoms. The predicted molar refractivity (Wildman–Crippen MR) is 74.7 cm³/mol. The predicted octanol–water partition coefficient (Wildman–Crippen LogP) is 0.910. The number of nitrogens with zero attached hydrogens (tertiary/aromatic N) is 2. The number of piperidine rings is 2. The molecular formula is C14H29N3O. The molecule has 0 radical (unpaired) electrons. The summed E-state index contributed by atoms with van der Waals surface area (Å²) < 4.78 is 5.74. The van der Waals surface area contributed by atoms with Crippen molar-refractivity contribution in [2.24, 2.45) is 5.73 Å². The Hall–Kier alpha value is -0.160. The standard InChI is InChI=1S/C14H29N3O/c1-3-18-13-5-9-17(10-6-13)14(11-15)7-4-8-16(2)12-14/h13H,3-12,15H2,1-2H3. The molecular weight excluding hydrogens is 226 g/mol. The van der Waals surface area contributed by atoms with Gasteiger partial charge >= 0.3 is 0 Å². The first-order chi connectivity index (χ1) is 8.70. The molecule has 2 aliphatic heterocycles. The maximum atomic E-state index is 6.13. The average Bonchev–Trinajstić information content (AvgIpc) is 2.40. The highest BCUT2D eigenvalue weighted by Gasteiger charge is 2.40. The molecule has 18 heavy (non-hydrogen) atoms. The fraction of sp³-hybridized carbons (Fsp3) is 1.00. The van der Waals surface area contributed by atoms with Crippen LogP contribution in [0.5, 0.6) is 0 Å². The summed E-state index contributed by atoms with van der Waals surface area (Å²) >= 11 is 0. The SMILES string of the molecule is CCOC1CCN(C2(CN)CCCN(C)C2)CC1. The van der Waals surface area contributed by atoms with Gasteiger partial charge in [-0.05, 0) is 46.2 Å². The summed E-state index contributed by atoms with van der Waals surface area (Å²) in [6.45, 7) is 8.36. The zero-order valence-corrected chi connectivity index (χ0v) is 12.0. The first-order valence-corrected chi connectivity index (χ1v) is 7.45. The summed E-state index contributed by atoms with van der Waals surface area (Å²) in [4.78, 5) is 5.07. The van der Waals surface area contributed by atoms with Gasteiger partial charge in [0.25, 0.3) is 0 Å². The lowest BCUT2D eigenvalue weighted by Gasteiger charge is -2.50. The molecule has 0 bridgehead atoms. The van der Waals surface area contributed by atoms with Gasteiger partial charge < -0.3 is 15.4 Å². The third kappa shape index (κ3) is 3.05. The fourth-order valence-electron chi connectivity index (χ4n) is 3.62. The van der Waals surface area contributed by atoms with Gasteiger partial charge in [-0.15, -0.1) is 0 Å². The highest BCUT2D eigenvalue weighted by molar-refractivity contribution is 4.98. The van der Waals surface area contributed by atoms with Crippen molar-refractivity contribution < 1.29 is 4.74 Å². The Morgan fingerprint density at radius 2 is 2.00 bits per heavy atom. The second-order valence-corrected chi connectivity index (χ2v) is 5.91. The van der Waals surface area contributed by atoms with E-state index in [0.717, 1.165) is 32.8 Å². The fourth-order valence-corrected chi connectivity index (χ4v) is 3.62. The Bertz CT molecular complexity index is 253. The van der Waals surface area contributed by atoms with E-state index in [1.165, 1.54) is 32.2 Å². The Morgan fingerprint density at radius 1 is 1.28 bits per heavy atom. The third-order valence-corrected chi connectivity index (χ3v) is 4.64. The maximum Gasteiger partial charge on any atom is 0.0599 e. The quantitative estimate of drug-likeness (QED) is 0.811. The molecule has 0 aromatic rings. The van der Waals surface area contributed by atoms with E-state index in [2.05, 4.69) is 23.8 Å². The summed E-state index contributed by atoms with van der Waals surface area (Å²) in [7, 11) is 2.22. The molecule has 2 rings (SSSR count). The first-order valence-electron chi connectivity index (χ1n) is 7.45. The molecule has 2 aliphatic rings. The minimum absolute atomic E-state index is 0.226. The van der Waals surface area contributed by atoms with Crippen LogP contribution in [0.4, 0.5) is 0 Å². The summed E-state index contributed by atoms with van der Waals surface area (Å²) in [5.74, 6) is 0. The van der Waals surface area contributed by atoms with Crippen molar-refractivity contribution in [3.8, 4) is 0 Å². The molecule has 2 saturated heterocycles.